The molecule has 82 valence electrons. The molecule has 1 aliphatic rings. The van der Waals surface area contributed by atoms with Crippen LogP contribution in [0.2, 0.25) is 0 Å². The molecule has 0 saturated heterocycles. The molecule has 1 atom stereocenters. The van der Waals surface area contributed by atoms with Gasteiger partial charge in [-0.15, -0.1) is 0 Å². The van der Waals surface area contributed by atoms with E-state index >= 15 is 0 Å². The first-order chi connectivity index (χ1) is 6.43. The zero-order chi connectivity index (χ0) is 10.8. The Bertz CT molecular complexity index is 225. The zero-order valence-electron chi connectivity index (χ0n) is 9.18. The minimum atomic E-state index is -0.717. The van der Waals surface area contributed by atoms with E-state index in [2.05, 4.69) is 13.8 Å². The Hall–Kier alpha value is -0.570. The maximum absolute atomic E-state index is 10.9. The number of rotatable bonds is 3. The van der Waals surface area contributed by atoms with E-state index < -0.39 is 5.97 Å². The van der Waals surface area contributed by atoms with Crippen molar-refractivity contribution in [2.75, 3.05) is 6.54 Å². The van der Waals surface area contributed by atoms with Gasteiger partial charge in [0, 0.05) is 0 Å². The van der Waals surface area contributed by atoms with Crippen LogP contribution in [0.4, 0.5) is 0 Å². The normalized spacial score (nSPS) is 31.4. The van der Waals surface area contributed by atoms with Gasteiger partial charge in [-0.2, -0.15) is 0 Å². The van der Waals surface area contributed by atoms with Crippen LogP contribution in [0.5, 0.6) is 0 Å². The van der Waals surface area contributed by atoms with E-state index in [4.69, 9.17) is 10.8 Å². The summed E-state index contributed by atoms with van der Waals surface area (Å²) in [5, 5.41) is 8.94. The summed E-state index contributed by atoms with van der Waals surface area (Å²) in [6.45, 7) is 4.80. The number of nitrogens with two attached hydrogens (primary N) is 1. The van der Waals surface area contributed by atoms with Crippen LogP contribution in [0.1, 0.15) is 46.0 Å². The van der Waals surface area contributed by atoms with E-state index in [1.807, 2.05) is 0 Å². The summed E-state index contributed by atoms with van der Waals surface area (Å²) in [5.41, 5.74) is 5.68. The second kappa shape index (κ2) is 3.89. The fraction of sp³-hybridized carbons (Fsp3) is 0.909. The van der Waals surface area contributed by atoms with Crippen molar-refractivity contribution < 1.29 is 9.90 Å². The lowest BCUT2D eigenvalue weighted by Gasteiger charge is -2.49. The number of hydrogen-bond acceptors (Lipinski definition) is 2. The Morgan fingerprint density at radius 2 is 1.93 bits per heavy atom. The third-order valence-corrected chi connectivity index (χ3v) is 4.02. The molecular weight excluding hydrogens is 178 g/mol. The van der Waals surface area contributed by atoms with Crippen LogP contribution >= 0.6 is 0 Å². The van der Waals surface area contributed by atoms with Gasteiger partial charge in [-0.05, 0) is 30.2 Å². The van der Waals surface area contributed by atoms with Crippen molar-refractivity contribution >= 4 is 5.97 Å². The van der Waals surface area contributed by atoms with Gasteiger partial charge in [0.25, 0.3) is 0 Å². The highest BCUT2D eigenvalue weighted by Gasteiger charge is 2.46. The summed E-state index contributed by atoms with van der Waals surface area (Å²) in [6, 6.07) is 0. The maximum Gasteiger partial charge on any atom is 0.303 e. The molecule has 3 nitrogen and oxygen atoms in total. The number of carboxylic acid groups (broad SMARTS) is 1. The van der Waals surface area contributed by atoms with E-state index in [0.717, 1.165) is 19.3 Å². The van der Waals surface area contributed by atoms with E-state index in [1.165, 1.54) is 6.42 Å². The van der Waals surface area contributed by atoms with Crippen LogP contribution in [0.25, 0.3) is 0 Å². The molecular formula is C11H21NO2. The average molecular weight is 199 g/mol. The molecule has 14 heavy (non-hydrogen) atoms. The lowest BCUT2D eigenvalue weighted by atomic mass is 9.56. The minimum absolute atomic E-state index is 0.0678. The Balaban J connectivity index is 2.88. The lowest BCUT2D eigenvalue weighted by Crippen LogP contribution is -2.47. The highest BCUT2D eigenvalue weighted by Crippen LogP contribution is 2.51. The van der Waals surface area contributed by atoms with Crippen LogP contribution in [-0.2, 0) is 4.79 Å². The molecule has 1 aliphatic carbocycles. The Kier molecular flexibility index (Phi) is 3.20. The highest BCUT2D eigenvalue weighted by atomic mass is 16.4. The first kappa shape index (κ1) is 11.5. The van der Waals surface area contributed by atoms with Crippen molar-refractivity contribution in [3.8, 4) is 0 Å². The van der Waals surface area contributed by atoms with Crippen LogP contribution in [0, 0.1) is 10.8 Å². The number of hydrogen-bond donors (Lipinski definition) is 2. The van der Waals surface area contributed by atoms with E-state index in [-0.39, 0.29) is 17.3 Å². The van der Waals surface area contributed by atoms with E-state index in [0.29, 0.717) is 6.54 Å². The summed E-state index contributed by atoms with van der Waals surface area (Å²) in [4.78, 5) is 10.9. The molecule has 1 rings (SSSR count). The first-order valence-electron chi connectivity index (χ1n) is 5.35. The lowest BCUT2D eigenvalue weighted by molar-refractivity contribution is -0.143. The maximum atomic E-state index is 10.9. The van der Waals surface area contributed by atoms with Crippen molar-refractivity contribution in [3.05, 3.63) is 0 Å². The standard InChI is InChI=1S/C11H21NO2/c1-10(2)5-3-4-6-11(10,8-12)7-9(13)14/h3-8,12H2,1-2H3,(H,13,14). The van der Waals surface area contributed by atoms with E-state index in [9.17, 15) is 4.79 Å². The van der Waals surface area contributed by atoms with E-state index in [1.54, 1.807) is 0 Å². The van der Waals surface area contributed by atoms with Crippen molar-refractivity contribution in [3.63, 3.8) is 0 Å². The molecule has 0 amide bonds. The van der Waals surface area contributed by atoms with Gasteiger partial charge >= 0.3 is 5.97 Å². The first-order valence-corrected chi connectivity index (χ1v) is 5.35. The summed E-state index contributed by atoms with van der Waals surface area (Å²) >= 11 is 0. The molecule has 0 aromatic rings. The van der Waals surface area contributed by atoms with Crippen molar-refractivity contribution in [1.29, 1.82) is 0 Å². The molecule has 0 aliphatic heterocycles. The van der Waals surface area contributed by atoms with Crippen LogP contribution in [0.3, 0.4) is 0 Å². The van der Waals surface area contributed by atoms with Gasteiger partial charge in [-0.25, -0.2) is 0 Å². The average Bonchev–Trinajstić information content (AvgIpc) is 2.08. The Morgan fingerprint density at radius 3 is 2.36 bits per heavy atom. The fourth-order valence-electron chi connectivity index (χ4n) is 2.70. The highest BCUT2D eigenvalue weighted by molar-refractivity contribution is 5.68. The topological polar surface area (TPSA) is 63.3 Å². The van der Waals surface area contributed by atoms with Gasteiger partial charge in [0.2, 0.25) is 0 Å². The molecule has 1 unspecified atom stereocenters. The predicted molar refractivity (Wildman–Crippen MR) is 56.0 cm³/mol. The summed E-state index contributed by atoms with van der Waals surface area (Å²) in [5.74, 6) is -0.717. The Labute approximate surface area is 85.7 Å². The second-order valence-electron chi connectivity index (χ2n) is 5.15. The van der Waals surface area contributed by atoms with Crippen molar-refractivity contribution in [1.82, 2.24) is 0 Å². The number of aliphatic carboxylic acids is 1. The largest absolute Gasteiger partial charge is 0.481 e. The van der Waals surface area contributed by atoms with Crippen LogP contribution in [0.15, 0.2) is 0 Å². The van der Waals surface area contributed by atoms with Crippen molar-refractivity contribution in [2.24, 2.45) is 16.6 Å². The van der Waals surface area contributed by atoms with Crippen LogP contribution in [-0.4, -0.2) is 17.6 Å². The molecule has 0 bridgehead atoms. The molecule has 0 aromatic carbocycles. The molecule has 0 spiro atoms. The molecule has 1 fully saturated rings. The SMILES string of the molecule is CC1(C)CCCCC1(CN)CC(=O)O. The van der Waals surface area contributed by atoms with Gasteiger partial charge in [0.1, 0.15) is 0 Å². The fourth-order valence-corrected chi connectivity index (χ4v) is 2.70. The summed E-state index contributed by atoms with van der Waals surface area (Å²) in [7, 11) is 0. The Morgan fingerprint density at radius 1 is 1.36 bits per heavy atom. The summed E-state index contributed by atoms with van der Waals surface area (Å²) in [6.07, 6.45) is 4.60. The predicted octanol–water partition coefficient (Wildman–Crippen LogP) is 2.01. The summed E-state index contributed by atoms with van der Waals surface area (Å²) < 4.78 is 0. The molecule has 0 heterocycles. The molecule has 3 heteroatoms. The van der Waals surface area contributed by atoms with Crippen molar-refractivity contribution in [2.45, 2.75) is 46.0 Å². The third-order valence-electron chi connectivity index (χ3n) is 4.02. The van der Waals surface area contributed by atoms with Gasteiger partial charge in [-0.3, -0.25) is 4.79 Å². The quantitative estimate of drug-likeness (QED) is 0.730. The third kappa shape index (κ3) is 1.92. The van der Waals surface area contributed by atoms with Gasteiger partial charge < -0.3 is 10.8 Å². The monoisotopic (exact) mass is 199 g/mol. The smallest absolute Gasteiger partial charge is 0.303 e. The molecule has 0 aromatic heterocycles. The number of carboxylic acids is 1. The number of carbonyl (C=O) groups is 1. The minimum Gasteiger partial charge on any atom is -0.481 e. The molecule has 1 saturated carbocycles. The van der Waals surface area contributed by atoms with Gasteiger partial charge in [0.15, 0.2) is 0 Å². The molecule has 0 radical (unpaired) electrons. The molecule has 3 N–H and O–H groups in total. The van der Waals surface area contributed by atoms with Gasteiger partial charge in [-0.1, -0.05) is 26.7 Å². The zero-order valence-corrected chi connectivity index (χ0v) is 9.18. The second-order valence-corrected chi connectivity index (χ2v) is 5.15. The van der Waals surface area contributed by atoms with Crippen LogP contribution < -0.4 is 5.73 Å². The van der Waals surface area contributed by atoms with Gasteiger partial charge in [0.05, 0.1) is 6.42 Å².